The third-order valence-electron chi connectivity index (χ3n) is 6.00. The highest BCUT2D eigenvalue weighted by Gasteiger charge is 2.16. The maximum atomic E-state index is 13.4. The normalized spacial score (nSPS) is 11.5. The molecule has 0 bridgehead atoms. The number of aromatic nitrogens is 2. The minimum Gasteiger partial charge on any atom is -0.487 e. The van der Waals surface area contributed by atoms with Crippen LogP contribution in [0.2, 0.25) is 5.02 Å². The standard InChI is InChI=1S/C30H22ClFN4O4S/c1-2-12-33-26(17-41(37)38)29-11-10-27(40-29)20-6-8-25-23(14-20)30(35-18-34-25)36-22-7-9-28(24(31)15-22)39-16-19-4-3-5-21(32)13-19/h1,3-11,13-15,17-18,26,33H,12,16H2,(H,34,35,36). The van der Waals surface area contributed by atoms with Crippen molar-refractivity contribution in [2.45, 2.75) is 12.6 Å². The van der Waals surface area contributed by atoms with Crippen molar-refractivity contribution in [3.63, 3.8) is 0 Å². The van der Waals surface area contributed by atoms with Crippen molar-refractivity contribution >= 4 is 49.7 Å². The number of benzene rings is 3. The summed E-state index contributed by atoms with van der Waals surface area (Å²) in [6.45, 7) is 0.340. The zero-order valence-electron chi connectivity index (χ0n) is 21.3. The van der Waals surface area contributed by atoms with Gasteiger partial charge in [0.25, 0.3) is 0 Å². The van der Waals surface area contributed by atoms with E-state index in [0.29, 0.717) is 44.9 Å². The van der Waals surface area contributed by atoms with E-state index in [1.807, 2.05) is 18.2 Å². The predicted molar refractivity (Wildman–Crippen MR) is 157 cm³/mol. The molecule has 0 amide bonds. The Morgan fingerprint density at radius 1 is 1.10 bits per heavy atom. The molecule has 11 heteroatoms. The van der Waals surface area contributed by atoms with Crippen LogP contribution in [0.1, 0.15) is 17.4 Å². The monoisotopic (exact) mass is 588 g/mol. The van der Waals surface area contributed by atoms with Crippen molar-refractivity contribution in [3.05, 3.63) is 101 Å². The molecule has 3 aromatic carbocycles. The lowest BCUT2D eigenvalue weighted by molar-refractivity contribution is 0.306. The summed E-state index contributed by atoms with van der Waals surface area (Å²) >= 11 is 6.47. The molecular weight excluding hydrogens is 567 g/mol. The maximum absolute atomic E-state index is 13.4. The SMILES string of the molecule is C#CCNC(C=S(=O)=O)c1ccc(-c2ccc3ncnc(Nc4ccc(OCc5cccc(F)c5)c(Cl)c4)c3c2)o1. The minimum atomic E-state index is -2.41. The number of hydrogen-bond acceptors (Lipinski definition) is 8. The maximum Gasteiger partial charge on any atom is 0.212 e. The summed E-state index contributed by atoms with van der Waals surface area (Å²) in [5.41, 5.74) is 2.79. The van der Waals surface area contributed by atoms with Gasteiger partial charge in [0.15, 0.2) is 0 Å². The highest BCUT2D eigenvalue weighted by Crippen LogP contribution is 2.33. The molecule has 2 heterocycles. The van der Waals surface area contributed by atoms with Crippen molar-refractivity contribution in [2.24, 2.45) is 0 Å². The van der Waals surface area contributed by atoms with Crippen molar-refractivity contribution in [1.82, 2.24) is 15.3 Å². The van der Waals surface area contributed by atoms with Gasteiger partial charge in [0.05, 0.1) is 28.5 Å². The summed E-state index contributed by atoms with van der Waals surface area (Å²) in [4.78, 5) is 8.76. The third kappa shape index (κ3) is 6.91. The van der Waals surface area contributed by atoms with E-state index in [-0.39, 0.29) is 19.0 Å². The van der Waals surface area contributed by atoms with Crippen LogP contribution in [0.3, 0.4) is 0 Å². The molecule has 2 aromatic heterocycles. The van der Waals surface area contributed by atoms with Crippen molar-refractivity contribution in [2.75, 3.05) is 11.9 Å². The Bertz CT molecular complexity index is 1890. The van der Waals surface area contributed by atoms with E-state index in [1.54, 1.807) is 42.5 Å². The number of halogens is 2. The van der Waals surface area contributed by atoms with Gasteiger partial charge in [-0.2, -0.15) is 8.42 Å². The van der Waals surface area contributed by atoms with E-state index in [2.05, 4.69) is 26.5 Å². The number of rotatable bonds is 10. The van der Waals surface area contributed by atoms with Gasteiger partial charge in [-0.15, -0.1) is 6.42 Å². The molecule has 5 aromatic rings. The molecule has 0 spiro atoms. The number of hydrogen-bond donors (Lipinski definition) is 2. The average Bonchev–Trinajstić information content (AvgIpc) is 3.45. The van der Waals surface area contributed by atoms with Crippen LogP contribution in [-0.4, -0.2) is 30.3 Å². The number of nitrogens with one attached hydrogen (secondary N) is 2. The number of anilines is 2. The van der Waals surface area contributed by atoms with Gasteiger partial charge in [0, 0.05) is 16.6 Å². The van der Waals surface area contributed by atoms with Crippen LogP contribution in [0.15, 0.2) is 83.5 Å². The van der Waals surface area contributed by atoms with Gasteiger partial charge in [0.1, 0.15) is 41.8 Å². The van der Waals surface area contributed by atoms with Crippen LogP contribution < -0.4 is 15.4 Å². The second-order valence-electron chi connectivity index (χ2n) is 8.80. The van der Waals surface area contributed by atoms with Gasteiger partial charge in [-0.05, 0) is 66.2 Å². The fraction of sp³-hybridized carbons (Fsp3) is 0.100. The highest BCUT2D eigenvalue weighted by molar-refractivity contribution is 7.71. The van der Waals surface area contributed by atoms with Crippen molar-refractivity contribution in [1.29, 1.82) is 0 Å². The molecule has 0 aliphatic carbocycles. The molecule has 0 radical (unpaired) electrons. The summed E-state index contributed by atoms with van der Waals surface area (Å²) in [7, 11) is -2.41. The third-order valence-corrected chi connectivity index (χ3v) is 6.79. The molecule has 0 fully saturated rings. The summed E-state index contributed by atoms with van der Waals surface area (Å²) in [5, 5.41) is 8.38. The smallest absolute Gasteiger partial charge is 0.212 e. The Kier molecular flexibility index (Phi) is 8.60. The second kappa shape index (κ2) is 12.7. The van der Waals surface area contributed by atoms with E-state index in [0.717, 1.165) is 16.3 Å². The number of terminal acetylenes is 1. The summed E-state index contributed by atoms with van der Waals surface area (Å²) in [6, 6.07) is 19.7. The zero-order valence-corrected chi connectivity index (χ0v) is 22.9. The van der Waals surface area contributed by atoms with Gasteiger partial charge in [0.2, 0.25) is 10.3 Å². The van der Waals surface area contributed by atoms with E-state index < -0.39 is 16.3 Å². The lowest BCUT2D eigenvalue weighted by atomic mass is 10.1. The topological polar surface area (TPSA) is 106 Å². The number of furan rings is 1. The van der Waals surface area contributed by atoms with E-state index in [1.165, 1.54) is 18.5 Å². The van der Waals surface area contributed by atoms with Crippen molar-refractivity contribution in [3.8, 4) is 29.4 Å². The number of fused-ring (bicyclic) bond motifs is 1. The largest absolute Gasteiger partial charge is 0.487 e. The Labute approximate surface area is 241 Å². The summed E-state index contributed by atoms with van der Waals surface area (Å²) in [5.74, 6) is 4.01. The van der Waals surface area contributed by atoms with Crippen LogP contribution in [0.4, 0.5) is 15.9 Å². The fourth-order valence-electron chi connectivity index (χ4n) is 4.10. The molecule has 8 nitrogen and oxygen atoms in total. The lowest BCUT2D eigenvalue weighted by Gasteiger charge is -2.12. The highest BCUT2D eigenvalue weighted by atomic mass is 35.5. The summed E-state index contributed by atoms with van der Waals surface area (Å²) < 4.78 is 47.7. The molecule has 1 atom stereocenters. The minimum absolute atomic E-state index is 0.168. The van der Waals surface area contributed by atoms with Gasteiger partial charge in [-0.25, -0.2) is 14.4 Å². The molecule has 0 aliphatic heterocycles. The number of nitrogens with zero attached hydrogens (tertiary/aromatic N) is 2. The molecule has 0 saturated carbocycles. The van der Waals surface area contributed by atoms with Gasteiger partial charge < -0.3 is 14.5 Å². The van der Waals surface area contributed by atoms with Crippen molar-refractivity contribution < 1.29 is 22.0 Å². The van der Waals surface area contributed by atoms with E-state index in [4.69, 9.17) is 27.2 Å². The van der Waals surface area contributed by atoms with Gasteiger partial charge in [-0.1, -0.05) is 29.7 Å². The fourth-order valence-corrected chi connectivity index (χ4v) is 4.79. The Hall–Kier alpha value is -4.69. The molecule has 0 saturated heterocycles. The van der Waals surface area contributed by atoms with Gasteiger partial charge >= 0.3 is 0 Å². The van der Waals surface area contributed by atoms with Crippen LogP contribution in [0.25, 0.3) is 22.2 Å². The molecule has 2 N–H and O–H groups in total. The summed E-state index contributed by atoms with van der Waals surface area (Å²) in [6.07, 6.45) is 6.76. The molecule has 0 aliphatic rings. The molecule has 41 heavy (non-hydrogen) atoms. The van der Waals surface area contributed by atoms with Crippen LogP contribution in [0, 0.1) is 18.2 Å². The molecular formula is C30H22ClFN4O4S. The first-order chi connectivity index (χ1) is 19.9. The lowest BCUT2D eigenvalue weighted by Crippen LogP contribution is -2.22. The Balaban J connectivity index is 1.37. The molecule has 5 rings (SSSR count). The van der Waals surface area contributed by atoms with E-state index in [9.17, 15) is 12.8 Å². The Morgan fingerprint density at radius 2 is 1.98 bits per heavy atom. The second-order valence-corrected chi connectivity index (χ2v) is 10.0. The Morgan fingerprint density at radius 3 is 2.76 bits per heavy atom. The molecule has 1 unspecified atom stereocenters. The first-order valence-corrected chi connectivity index (χ1v) is 13.8. The van der Waals surface area contributed by atoms with Crippen LogP contribution in [0.5, 0.6) is 5.75 Å². The molecule has 206 valence electrons. The first-order valence-electron chi connectivity index (χ1n) is 12.3. The van der Waals surface area contributed by atoms with E-state index >= 15 is 0 Å². The first kappa shape index (κ1) is 27.9. The average molecular weight is 589 g/mol. The van der Waals surface area contributed by atoms with Gasteiger partial charge in [-0.3, -0.25) is 5.32 Å². The predicted octanol–water partition coefficient (Wildman–Crippen LogP) is 5.95. The quantitative estimate of drug-likeness (QED) is 0.152. The zero-order chi connectivity index (χ0) is 28.8. The van der Waals surface area contributed by atoms with Crippen LogP contribution in [-0.2, 0) is 16.9 Å². The number of ether oxygens (including phenoxy) is 1. The van der Waals surface area contributed by atoms with Crippen LogP contribution >= 0.6 is 11.6 Å².